The van der Waals surface area contributed by atoms with Gasteiger partial charge in [0, 0.05) is 11.1 Å². The van der Waals surface area contributed by atoms with Gasteiger partial charge in [0.1, 0.15) is 12.4 Å². The van der Waals surface area contributed by atoms with Crippen LogP contribution in [0.25, 0.3) is 22.4 Å². The van der Waals surface area contributed by atoms with Crippen LogP contribution in [0.15, 0.2) is 59.9 Å². The fourth-order valence-corrected chi connectivity index (χ4v) is 3.88. The van der Waals surface area contributed by atoms with Crippen LogP contribution in [0.3, 0.4) is 0 Å². The number of hydrogen-bond donors (Lipinski definition) is 0. The van der Waals surface area contributed by atoms with Gasteiger partial charge >= 0.3 is 0 Å². The van der Waals surface area contributed by atoms with E-state index in [0.717, 1.165) is 16.9 Å². The summed E-state index contributed by atoms with van der Waals surface area (Å²) in [6.45, 7) is 4.07. The number of rotatable bonds is 7. The van der Waals surface area contributed by atoms with Crippen LogP contribution in [-0.4, -0.2) is 35.4 Å². The molecular weight excluding hydrogens is 402 g/mol. The van der Waals surface area contributed by atoms with Crippen molar-refractivity contribution in [2.45, 2.75) is 0 Å². The molecule has 2 aromatic carbocycles. The van der Waals surface area contributed by atoms with Crippen LogP contribution < -0.4 is 24.3 Å². The van der Waals surface area contributed by atoms with Crippen molar-refractivity contribution in [3.05, 3.63) is 75.6 Å². The maximum atomic E-state index is 12.8. The van der Waals surface area contributed by atoms with E-state index >= 15 is 0 Å². The van der Waals surface area contributed by atoms with Crippen LogP contribution in [0.4, 0.5) is 0 Å². The Morgan fingerprint density at radius 1 is 1.13 bits per heavy atom. The van der Waals surface area contributed by atoms with Gasteiger partial charge < -0.3 is 14.2 Å². The third-order valence-electron chi connectivity index (χ3n) is 4.38. The molecule has 7 nitrogen and oxygen atoms in total. The highest BCUT2D eigenvalue weighted by Gasteiger charge is 2.13. The van der Waals surface area contributed by atoms with E-state index in [1.54, 1.807) is 32.4 Å². The molecule has 0 saturated heterocycles. The lowest BCUT2D eigenvalue weighted by atomic mass is 10.2. The number of nitrogens with zero attached hydrogens (tertiary/aromatic N) is 3. The van der Waals surface area contributed by atoms with Gasteiger partial charge in [0.15, 0.2) is 17.3 Å². The first-order valence-electron chi connectivity index (χ1n) is 9.11. The average molecular weight is 421 g/mol. The van der Waals surface area contributed by atoms with Crippen LogP contribution in [0.5, 0.6) is 17.2 Å². The SMILES string of the molecule is C=CCOc1ccc(-c2nc3s/c(=C\c4cccc(OC)c4OC)c(=O)n3n2)cc1. The van der Waals surface area contributed by atoms with Gasteiger partial charge in [-0.25, -0.2) is 0 Å². The van der Waals surface area contributed by atoms with Crippen molar-refractivity contribution in [1.82, 2.24) is 14.6 Å². The topological polar surface area (TPSA) is 75.0 Å². The zero-order chi connectivity index (χ0) is 21.1. The molecule has 0 spiro atoms. The first-order chi connectivity index (χ1) is 14.6. The number of hydrogen-bond acceptors (Lipinski definition) is 7. The van der Waals surface area contributed by atoms with E-state index in [9.17, 15) is 4.79 Å². The second kappa shape index (κ2) is 8.38. The highest BCUT2D eigenvalue weighted by atomic mass is 32.1. The quantitative estimate of drug-likeness (QED) is 0.427. The Hall–Kier alpha value is -3.65. The lowest BCUT2D eigenvalue weighted by Crippen LogP contribution is -2.23. The molecule has 0 fully saturated rings. The standard InChI is InChI=1S/C22H19N3O4S/c1-4-12-29-16-10-8-14(9-11-16)20-23-22-25(24-20)21(26)18(30-22)13-15-6-5-7-17(27-2)19(15)28-3/h4-11,13H,1,12H2,2-3H3/b18-13-. The summed E-state index contributed by atoms with van der Waals surface area (Å²) in [6, 6.07) is 12.9. The minimum Gasteiger partial charge on any atom is -0.493 e. The van der Waals surface area contributed by atoms with E-state index in [1.165, 1.54) is 15.9 Å². The monoisotopic (exact) mass is 421 g/mol. The highest BCUT2D eigenvalue weighted by molar-refractivity contribution is 7.15. The van der Waals surface area contributed by atoms with Gasteiger partial charge in [0.05, 0.1) is 18.8 Å². The molecule has 0 unspecified atom stereocenters. The van der Waals surface area contributed by atoms with Crippen molar-refractivity contribution in [3.63, 3.8) is 0 Å². The Bertz CT molecular complexity index is 1310. The fourth-order valence-electron chi connectivity index (χ4n) is 2.98. The van der Waals surface area contributed by atoms with Crippen LogP contribution in [0.1, 0.15) is 5.56 Å². The Morgan fingerprint density at radius 2 is 1.93 bits per heavy atom. The number of fused-ring (bicyclic) bond motifs is 1. The van der Waals surface area contributed by atoms with Crippen LogP contribution in [-0.2, 0) is 0 Å². The van der Waals surface area contributed by atoms with Gasteiger partial charge in [0.2, 0.25) is 4.96 Å². The third kappa shape index (κ3) is 3.65. The molecule has 4 aromatic rings. The predicted molar refractivity (Wildman–Crippen MR) is 117 cm³/mol. The highest BCUT2D eigenvalue weighted by Crippen LogP contribution is 2.31. The van der Waals surface area contributed by atoms with E-state index in [0.29, 0.717) is 33.4 Å². The Morgan fingerprint density at radius 3 is 2.60 bits per heavy atom. The summed E-state index contributed by atoms with van der Waals surface area (Å²) in [7, 11) is 3.14. The molecule has 0 aliphatic heterocycles. The average Bonchev–Trinajstić information content (AvgIpc) is 3.32. The van der Waals surface area contributed by atoms with Crippen LogP contribution in [0.2, 0.25) is 0 Å². The second-order valence-electron chi connectivity index (χ2n) is 6.25. The minimum atomic E-state index is -0.232. The number of aromatic nitrogens is 3. The van der Waals surface area contributed by atoms with Gasteiger partial charge in [-0.2, -0.15) is 9.50 Å². The lowest BCUT2D eigenvalue weighted by Gasteiger charge is -2.09. The molecule has 2 heterocycles. The van der Waals surface area contributed by atoms with Crippen molar-refractivity contribution < 1.29 is 14.2 Å². The molecule has 0 amide bonds. The first kappa shape index (κ1) is 19.7. The molecule has 0 aliphatic rings. The molecule has 30 heavy (non-hydrogen) atoms. The Balaban J connectivity index is 1.71. The summed E-state index contributed by atoms with van der Waals surface area (Å²) < 4.78 is 18.1. The molecule has 0 aliphatic carbocycles. The maximum absolute atomic E-state index is 12.8. The molecule has 2 aromatic heterocycles. The van der Waals surface area contributed by atoms with Crippen LogP contribution >= 0.6 is 11.3 Å². The zero-order valence-corrected chi connectivity index (χ0v) is 17.3. The Kier molecular flexibility index (Phi) is 5.49. The minimum absolute atomic E-state index is 0.232. The van der Waals surface area contributed by atoms with E-state index in [4.69, 9.17) is 14.2 Å². The van der Waals surface area contributed by atoms with Gasteiger partial charge in [0.25, 0.3) is 5.56 Å². The zero-order valence-electron chi connectivity index (χ0n) is 16.5. The number of benzene rings is 2. The number of methoxy groups -OCH3 is 2. The van der Waals surface area contributed by atoms with Crippen LogP contribution in [0, 0.1) is 0 Å². The summed E-state index contributed by atoms with van der Waals surface area (Å²) >= 11 is 1.27. The first-order valence-corrected chi connectivity index (χ1v) is 9.92. The smallest absolute Gasteiger partial charge is 0.291 e. The summed E-state index contributed by atoms with van der Waals surface area (Å²) in [5, 5.41) is 4.38. The largest absolute Gasteiger partial charge is 0.493 e. The summed E-state index contributed by atoms with van der Waals surface area (Å²) in [5.74, 6) is 2.38. The number of thiazole rings is 1. The van der Waals surface area contributed by atoms with Crippen molar-refractivity contribution in [2.75, 3.05) is 20.8 Å². The lowest BCUT2D eigenvalue weighted by molar-refractivity contribution is 0.354. The van der Waals surface area contributed by atoms with Crippen molar-refractivity contribution >= 4 is 22.4 Å². The van der Waals surface area contributed by atoms with Gasteiger partial charge in [-0.3, -0.25) is 4.79 Å². The molecular formula is C22H19N3O4S. The van der Waals surface area contributed by atoms with Crippen molar-refractivity contribution in [3.8, 4) is 28.6 Å². The molecule has 0 N–H and O–H groups in total. The molecule has 0 atom stereocenters. The normalized spacial score (nSPS) is 11.6. The summed E-state index contributed by atoms with van der Waals surface area (Å²) in [5.41, 5.74) is 1.31. The summed E-state index contributed by atoms with van der Waals surface area (Å²) in [6.07, 6.45) is 3.45. The molecule has 0 radical (unpaired) electrons. The predicted octanol–water partition coefficient (Wildman–Crippen LogP) is 2.95. The Labute approximate surface area is 176 Å². The van der Waals surface area contributed by atoms with Gasteiger partial charge in [-0.05, 0) is 36.4 Å². The molecule has 0 bridgehead atoms. The van der Waals surface area contributed by atoms with E-state index in [2.05, 4.69) is 16.7 Å². The second-order valence-corrected chi connectivity index (χ2v) is 7.26. The van der Waals surface area contributed by atoms with Gasteiger partial charge in [-0.15, -0.1) is 5.10 Å². The van der Waals surface area contributed by atoms with Gasteiger partial charge in [-0.1, -0.05) is 36.1 Å². The van der Waals surface area contributed by atoms with E-state index in [-0.39, 0.29) is 5.56 Å². The van der Waals surface area contributed by atoms with E-state index in [1.807, 2.05) is 36.4 Å². The van der Waals surface area contributed by atoms with Crippen molar-refractivity contribution in [1.29, 1.82) is 0 Å². The fraction of sp³-hybridized carbons (Fsp3) is 0.136. The number of ether oxygens (including phenoxy) is 3. The number of para-hydroxylation sites is 1. The third-order valence-corrected chi connectivity index (χ3v) is 5.34. The van der Waals surface area contributed by atoms with Crippen molar-refractivity contribution in [2.24, 2.45) is 0 Å². The van der Waals surface area contributed by atoms with E-state index < -0.39 is 0 Å². The molecule has 152 valence electrons. The summed E-state index contributed by atoms with van der Waals surface area (Å²) in [4.78, 5) is 17.9. The maximum Gasteiger partial charge on any atom is 0.291 e. The molecule has 0 saturated carbocycles. The molecule has 4 rings (SSSR count). The molecule has 8 heteroatoms.